The number of rotatable bonds is 4. The van der Waals surface area contributed by atoms with Gasteiger partial charge in [-0.1, -0.05) is 6.07 Å². The molecule has 22 heavy (non-hydrogen) atoms. The topological polar surface area (TPSA) is 72.8 Å². The van der Waals surface area contributed by atoms with E-state index in [0.717, 1.165) is 6.42 Å². The van der Waals surface area contributed by atoms with Gasteiger partial charge in [0.05, 0.1) is 18.8 Å². The number of anilines is 1. The van der Waals surface area contributed by atoms with Crippen molar-refractivity contribution in [1.82, 2.24) is 4.90 Å². The summed E-state index contributed by atoms with van der Waals surface area (Å²) < 4.78 is 13.5. The number of carbonyl (C=O) groups is 1. The average Bonchev–Trinajstić information content (AvgIpc) is 2.67. The van der Waals surface area contributed by atoms with Gasteiger partial charge in [-0.05, 0) is 44.9 Å². The van der Waals surface area contributed by atoms with Crippen molar-refractivity contribution in [3.05, 3.63) is 29.6 Å². The Labute approximate surface area is 129 Å². The van der Waals surface area contributed by atoms with Crippen molar-refractivity contribution in [3.8, 4) is 0 Å². The van der Waals surface area contributed by atoms with E-state index in [2.05, 4.69) is 5.32 Å². The van der Waals surface area contributed by atoms with Gasteiger partial charge >= 0.3 is 0 Å². The summed E-state index contributed by atoms with van der Waals surface area (Å²) in [6, 6.07) is 4.59. The van der Waals surface area contributed by atoms with Crippen LogP contribution in [0.2, 0.25) is 0 Å². The summed E-state index contributed by atoms with van der Waals surface area (Å²) in [5, 5.41) is 22.0. The summed E-state index contributed by atoms with van der Waals surface area (Å²) in [6.07, 6.45) is 1.70. The average molecular weight is 310 g/mol. The highest BCUT2D eigenvalue weighted by molar-refractivity contribution is 5.92. The normalized spacial score (nSPS) is 23.1. The molecule has 1 amide bonds. The Kier molecular flexibility index (Phi) is 5.50. The highest BCUT2D eigenvalue weighted by Gasteiger charge is 2.29. The van der Waals surface area contributed by atoms with Gasteiger partial charge in [-0.25, -0.2) is 4.39 Å². The highest BCUT2D eigenvalue weighted by Crippen LogP contribution is 2.22. The number of likely N-dealkylation sites (tertiary alicyclic amines) is 1. The number of carbonyl (C=O) groups excluding carboxylic acids is 1. The lowest BCUT2D eigenvalue weighted by Gasteiger charge is -2.24. The van der Waals surface area contributed by atoms with Crippen LogP contribution in [0.15, 0.2) is 18.2 Å². The highest BCUT2D eigenvalue weighted by atomic mass is 19.1. The fourth-order valence-corrected chi connectivity index (χ4v) is 2.69. The third-order valence-electron chi connectivity index (χ3n) is 4.21. The monoisotopic (exact) mass is 310 g/mol. The first-order chi connectivity index (χ1) is 10.4. The number of hydrogen-bond acceptors (Lipinski definition) is 4. The molecule has 1 aliphatic rings. The number of nitrogens with zero attached hydrogens (tertiary/aromatic N) is 1. The maximum atomic E-state index is 13.5. The van der Waals surface area contributed by atoms with E-state index in [-0.39, 0.29) is 24.9 Å². The van der Waals surface area contributed by atoms with E-state index < -0.39 is 5.60 Å². The molecule has 6 heteroatoms. The second-order valence-electron chi connectivity index (χ2n) is 5.97. The predicted molar refractivity (Wildman–Crippen MR) is 82.1 cm³/mol. The molecular formula is C16H23FN2O3. The van der Waals surface area contributed by atoms with Crippen molar-refractivity contribution in [2.24, 2.45) is 0 Å². The Morgan fingerprint density at radius 2 is 2.18 bits per heavy atom. The Hall–Kier alpha value is -1.50. The Morgan fingerprint density at radius 1 is 1.41 bits per heavy atom. The SMILES string of the molecule is Cc1c(F)cccc1NC(=O)CN1CCCC(O)(CO)CC1. The van der Waals surface area contributed by atoms with E-state index in [9.17, 15) is 19.4 Å². The first-order valence-electron chi connectivity index (χ1n) is 7.54. The van der Waals surface area contributed by atoms with Gasteiger partial charge < -0.3 is 15.5 Å². The van der Waals surface area contributed by atoms with Crippen LogP contribution in [0.5, 0.6) is 0 Å². The summed E-state index contributed by atoms with van der Waals surface area (Å²) in [5.74, 6) is -0.552. The third-order valence-corrected chi connectivity index (χ3v) is 4.21. The molecule has 0 spiro atoms. The molecule has 2 rings (SSSR count). The third kappa shape index (κ3) is 4.25. The quantitative estimate of drug-likeness (QED) is 0.783. The van der Waals surface area contributed by atoms with Crippen LogP contribution in [0.4, 0.5) is 10.1 Å². The van der Waals surface area contributed by atoms with Gasteiger partial charge in [0.1, 0.15) is 5.82 Å². The van der Waals surface area contributed by atoms with Gasteiger partial charge in [0.15, 0.2) is 0 Å². The van der Waals surface area contributed by atoms with Crippen LogP contribution in [0.3, 0.4) is 0 Å². The lowest BCUT2D eigenvalue weighted by atomic mass is 9.96. The molecule has 1 unspecified atom stereocenters. The molecule has 1 aliphatic heterocycles. The molecule has 0 saturated carbocycles. The largest absolute Gasteiger partial charge is 0.393 e. The fourth-order valence-electron chi connectivity index (χ4n) is 2.69. The lowest BCUT2D eigenvalue weighted by Crippen LogP contribution is -2.37. The Morgan fingerprint density at radius 3 is 2.91 bits per heavy atom. The zero-order valence-corrected chi connectivity index (χ0v) is 12.8. The molecule has 5 nitrogen and oxygen atoms in total. The molecule has 3 N–H and O–H groups in total. The summed E-state index contributed by atoms with van der Waals surface area (Å²) in [5.41, 5.74) is -0.141. The molecule has 122 valence electrons. The van der Waals surface area contributed by atoms with Crippen LogP contribution < -0.4 is 5.32 Å². The molecule has 0 radical (unpaired) electrons. The fraction of sp³-hybridized carbons (Fsp3) is 0.562. The first-order valence-corrected chi connectivity index (χ1v) is 7.54. The summed E-state index contributed by atoms with van der Waals surface area (Å²) in [7, 11) is 0. The molecule has 0 bridgehead atoms. The number of benzene rings is 1. The van der Waals surface area contributed by atoms with E-state index in [0.29, 0.717) is 37.2 Å². The minimum absolute atomic E-state index is 0.192. The molecule has 1 saturated heterocycles. The number of aliphatic hydroxyl groups excluding tert-OH is 1. The lowest BCUT2D eigenvalue weighted by molar-refractivity contribution is -0.117. The van der Waals surface area contributed by atoms with E-state index in [1.807, 2.05) is 4.90 Å². The second-order valence-corrected chi connectivity index (χ2v) is 5.97. The Bertz CT molecular complexity index is 538. The Balaban J connectivity index is 1.91. The van der Waals surface area contributed by atoms with Crippen molar-refractivity contribution in [1.29, 1.82) is 0 Å². The van der Waals surface area contributed by atoms with Crippen LogP contribution >= 0.6 is 0 Å². The molecule has 0 aromatic heterocycles. The van der Waals surface area contributed by atoms with Crippen LogP contribution in [0, 0.1) is 12.7 Å². The van der Waals surface area contributed by atoms with E-state index in [1.54, 1.807) is 19.1 Å². The van der Waals surface area contributed by atoms with Crippen molar-refractivity contribution < 1.29 is 19.4 Å². The van der Waals surface area contributed by atoms with Gasteiger partial charge in [-0.3, -0.25) is 9.69 Å². The smallest absolute Gasteiger partial charge is 0.238 e. The second kappa shape index (κ2) is 7.17. The molecule has 1 aromatic rings. The van der Waals surface area contributed by atoms with Gasteiger partial charge in [0, 0.05) is 17.8 Å². The zero-order valence-electron chi connectivity index (χ0n) is 12.8. The van der Waals surface area contributed by atoms with Crippen molar-refractivity contribution in [3.63, 3.8) is 0 Å². The van der Waals surface area contributed by atoms with E-state index in [1.165, 1.54) is 6.07 Å². The standard InChI is InChI=1S/C16H23FN2O3/c1-12-13(17)4-2-5-14(12)18-15(21)10-19-8-3-6-16(22,11-20)7-9-19/h2,4-5,20,22H,3,6-11H2,1H3,(H,18,21). The molecule has 1 atom stereocenters. The molecule has 0 aliphatic carbocycles. The van der Waals surface area contributed by atoms with Crippen LogP contribution in [0.25, 0.3) is 0 Å². The van der Waals surface area contributed by atoms with Crippen LogP contribution in [-0.4, -0.2) is 52.9 Å². The first kappa shape index (κ1) is 16.9. The maximum absolute atomic E-state index is 13.5. The van der Waals surface area contributed by atoms with Gasteiger partial charge in [-0.15, -0.1) is 0 Å². The zero-order chi connectivity index (χ0) is 16.2. The minimum atomic E-state index is -1.04. The van der Waals surface area contributed by atoms with Crippen LogP contribution in [0.1, 0.15) is 24.8 Å². The molecule has 1 heterocycles. The van der Waals surface area contributed by atoms with Crippen LogP contribution in [-0.2, 0) is 4.79 Å². The van der Waals surface area contributed by atoms with Gasteiger partial charge in [0.25, 0.3) is 0 Å². The summed E-state index contributed by atoms with van der Waals surface area (Å²) in [6.45, 7) is 2.80. The molecular weight excluding hydrogens is 287 g/mol. The summed E-state index contributed by atoms with van der Waals surface area (Å²) >= 11 is 0. The molecule has 1 aromatic carbocycles. The molecule has 1 fully saturated rings. The number of amides is 1. The van der Waals surface area contributed by atoms with Gasteiger partial charge in [-0.2, -0.15) is 0 Å². The number of hydrogen-bond donors (Lipinski definition) is 3. The van der Waals surface area contributed by atoms with Gasteiger partial charge in [0.2, 0.25) is 5.91 Å². The van der Waals surface area contributed by atoms with Crippen molar-refractivity contribution in [2.45, 2.75) is 31.8 Å². The van der Waals surface area contributed by atoms with E-state index >= 15 is 0 Å². The maximum Gasteiger partial charge on any atom is 0.238 e. The van der Waals surface area contributed by atoms with Crippen molar-refractivity contribution in [2.75, 3.05) is 31.6 Å². The predicted octanol–water partition coefficient (Wildman–Crippen LogP) is 1.28. The number of nitrogens with one attached hydrogen (secondary N) is 1. The van der Waals surface area contributed by atoms with Crippen molar-refractivity contribution >= 4 is 11.6 Å². The van der Waals surface area contributed by atoms with E-state index in [4.69, 9.17) is 0 Å². The minimum Gasteiger partial charge on any atom is -0.393 e. The number of halogens is 1. The summed E-state index contributed by atoms with van der Waals surface area (Å²) in [4.78, 5) is 14.0. The number of aliphatic hydroxyl groups is 2.